The number of amides is 1. The van der Waals surface area contributed by atoms with Crippen LogP contribution in [0.4, 0.5) is 0 Å². The largest absolute Gasteiger partial charge is 0.370 e. The first-order valence-electron chi connectivity index (χ1n) is 5.21. The van der Waals surface area contributed by atoms with Crippen LogP contribution in [0.3, 0.4) is 0 Å². The maximum atomic E-state index is 11.9. The summed E-state index contributed by atoms with van der Waals surface area (Å²) in [7, 11) is 1.48. The Kier molecular flexibility index (Phi) is 2.59. The molecule has 0 aliphatic heterocycles. The minimum atomic E-state index is -0.312. The van der Waals surface area contributed by atoms with Gasteiger partial charge in [-0.3, -0.25) is 15.1 Å². The summed E-state index contributed by atoms with van der Waals surface area (Å²) in [6.45, 7) is 1.99. The number of guanidine groups is 1. The summed E-state index contributed by atoms with van der Waals surface area (Å²) >= 11 is 0. The van der Waals surface area contributed by atoms with E-state index >= 15 is 0 Å². The number of nitrogens with zero attached hydrogens (tertiary/aromatic N) is 1. The lowest BCUT2D eigenvalue weighted by Crippen LogP contribution is -2.38. The van der Waals surface area contributed by atoms with Gasteiger partial charge in [0.1, 0.15) is 5.69 Å². The maximum Gasteiger partial charge on any atom is 0.276 e. The minimum absolute atomic E-state index is 0.273. The average molecular weight is 230 g/mol. The Hall–Kier alpha value is -2.30. The standard InChI is InChI=1S/C12H14N4O/c1-7-4-3-5-9-8(7)6-10(15-9)11(17)16(2)12(13)14/h3-6,15H,1-2H3,(H3,13,14). The number of aryl methyl sites for hydroxylation is 1. The van der Waals surface area contributed by atoms with Crippen LogP contribution in [0.25, 0.3) is 10.9 Å². The lowest BCUT2D eigenvalue weighted by molar-refractivity contribution is 0.0864. The van der Waals surface area contributed by atoms with Crippen molar-refractivity contribution in [1.82, 2.24) is 9.88 Å². The van der Waals surface area contributed by atoms with Crippen LogP contribution in [0.1, 0.15) is 16.1 Å². The van der Waals surface area contributed by atoms with E-state index in [0.29, 0.717) is 5.69 Å². The molecule has 5 heteroatoms. The minimum Gasteiger partial charge on any atom is -0.370 e. The summed E-state index contributed by atoms with van der Waals surface area (Å²) in [5.74, 6) is -0.585. The maximum absolute atomic E-state index is 11.9. The second-order valence-corrected chi connectivity index (χ2v) is 3.97. The van der Waals surface area contributed by atoms with Gasteiger partial charge in [0.2, 0.25) is 0 Å². The number of benzene rings is 1. The number of rotatable bonds is 1. The molecule has 0 aliphatic carbocycles. The molecule has 2 aromatic rings. The molecule has 1 aromatic heterocycles. The van der Waals surface area contributed by atoms with Crippen LogP contribution >= 0.6 is 0 Å². The first-order chi connectivity index (χ1) is 8.00. The quantitative estimate of drug-likeness (QED) is 0.511. The van der Waals surface area contributed by atoms with Crippen molar-refractivity contribution in [2.24, 2.45) is 5.73 Å². The van der Waals surface area contributed by atoms with Crippen molar-refractivity contribution < 1.29 is 4.79 Å². The van der Waals surface area contributed by atoms with Gasteiger partial charge in [-0.1, -0.05) is 12.1 Å². The average Bonchev–Trinajstić information content (AvgIpc) is 2.72. The number of aromatic amines is 1. The second kappa shape index (κ2) is 3.93. The summed E-state index contributed by atoms with van der Waals surface area (Å²) in [5.41, 5.74) is 7.72. The zero-order chi connectivity index (χ0) is 12.6. The highest BCUT2D eigenvalue weighted by Gasteiger charge is 2.16. The smallest absolute Gasteiger partial charge is 0.276 e. The Labute approximate surface area is 98.7 Å². The van der Waals surface area contributed by atoms with E-state index in [9.17, 15) is 4.79 Å². The van der Waals surface area contributed by atoms with Crippen molar-refractivity contribution in [3.05, 3.63) is 35.5 Å². The van der Waals surface area contributed by atoms with Crippen LogP contribution in [0.2, 0.25) is 0 Å². The highest BCUT2D eigenvalue weighted by molar-refractivity contribution is 6.05. The normalized spacial score (nSPS) is 10.5. The van der Waals surface area contributed by atoms with E-state index in [2.05, 4.69) is 4.98 Å². The van der Waals surface area contributed by atoms with Crippen LogP contribution in [-0.4, -0.2) is 28.8 Å². The van der Waals surface area contributed by atoms with Gasteiger partial charge in [-0.15, -0.1) is 0 Å². The van der Waals surface area contributed by atoms with Crippen LogP contribution in [0.15, 0.2) is 24.3 Å². The van der Waals surface area contributed by atoms with Gasteiger partial charge < -0.3 is 10.7 Å². The number of H-pyrrole nitrogens is 1. The van der Waals surface area contributed by atoms with E-state index in [4.69, 9.17) is 11.1 Å². The number of aromatic nitrogens is 1. The molecule has 0 spiro atoms. The van der Waals surface area contributed by atoms with Crippen LogP contribution in [0.5, 0.6) is 0 Å². The van der Waals surface area contributed by atoms with E-state index in [-0.39, 0.29) is 11.9 Å². The van der Waals surface area contributed by atoms with Gasteiger partial charge in [0.25, 0.3) is 5.91 Å². The lowest BCUT2D eigenvalue weighted by Gasteiger charge is -2.12. The van der Waals surface area contributed by atoms with Crippen LogP contribution < -0.4 is 5.73 Å². The molecule has 0 radical (unpaired) electrons. The Bertz CT molecular complexity index is 600. The summed E-state index contributed by atoms with van der Waals surface area (Å²) in [5, 5.41) is 8.23. The molecule has 1 heterocycles. The first kappa shape index (κ1) is 11.2. The van der Waals surface area contributed by atoms with Gasteiger partial charge in [0.05, 0.1) is 0 Å². The molecule has 0 saturated heterocycles. The Morgan fingerprint density at radius 3 is 2.76 bits per heavy atom. The molecule has 2 rings (SSSR count). The van der Waals surface area contributed by atoms with E-state index in [1.54, 1.807) is 6.07 Å². The lowest BCUT2D eigenvalue weighted by atomic mass is 10.1. The summed E-state index contributed by atoms with van der Waals surface area (Å²) in [4.78, 5) is 16.1. The van der Waals surface area contributed by atoms with Crippen molar-refractivity contribution in [1.29, 1.82) is 5.41 Å². The van der Waals surface area contributed by atoms with E-state index in [1.165, 1.54) is 7.05 Å². The van der Waals surface area contributed by atoms with Gasteiger partial charge in [-0.2, -0.15) is 0 Å². The first-order valence-corrected chi connectivity index (χ1v) is 5.21. The third-order valence-corrected chi connectivity index (χ3v) is 2.78. The van der Waals surface area contributed by atoms with Gasteiger partial charge in [0, 0.05) is 18.0 Å². The molecule has 0 aliphatic rings. The Morgan fingerprint density at radius 1 is 1.47 bits per heavy atom. The molecule has 0 unspecified atom stereocenters. The fourth-order valence-corrected chi connectivity index (χ4v) is 1.71. The third-order valence-electron chi connectivity index (χ3n) is 2.78. The zero-order valence-corrected chi connectivity index (χ0v) is 9.74. The summed E-state index contributed by atoms with van der Waals surface area (Å²) in [6, 6.07) is 7.61. The summed E-state index contributed by atoms with van der Waals surface area (Å²) < 4.78 is 0. The predicted octanol–water partition coefficient (Wildman–Crippen LogP) is 1.44. The van der Waals surface area contributed by atoms with Crippen molar-refractivity contribution in [2.75, 3.05) is 7.05 Å². The van der Waals surface area contributed by atoms with Gasteiger partial charge in [-0.05, 0) is 24.6 Å². The SMILES string of the molecule is Cc1cccc2[nH]c(C(=O)N(C)C(=N)N)cc12. The monoisotopic (exact) mass is 230 g/mol. The zero-order valence-electron chi connectivity index (χ0n) is 9.74. The van der Waals surface area contributed by atoms with Crippen molar-refractivity contribution in [2.45, 2.75) is 6.92 Å². The topological polar surface area (TPSA) is 86.0 Å². The molecule has 17 heavy (non-hydrogen) atoms. The van der Waals surface area contributed by atoms with Gasteiger partial charge in [-0.25, -0.2) is 0 Å². The molecular formula is C12H14N4O. The van der Waals surface area contributed by atoms with E-state index in [0.717, 1.165) is 21.4 Å². The number of nitrogens with one attached hydrogen (secondary N) is 2. The summed E-state index contributed by atoms with van der Waals surface area (Å²) in [6.07, 6.45) is 0. The molecule has 88 valence electrons. The van der Waals surface area contributed by atoms with E-state index in [1.807, 2.05) is 25.1 Å². The fraction of sp³-hybridized carbons (Fsp3) is 0.167. The molecular weight excluding hydrogens is 216 g/mol. The third kappa shape index (κ3) is 1.87. The number of carbonyl (C=O) groups excluding carboxylic acids is 1. The number of carbonyl (C=O) groups is 1. The fourth-order valence-electron chi connectivity index (χ4n) is 1.71. The number of hydrogen-bond acceptors (Lipinski definition) is 2. The predicted molar refractivity (Wildman–Crippen MR) is 67.0 cm³/mol. The van der Waals surface area contributed by atoms with Crippen molar-refractivity contribution in [3.63, 3.8) is 0 Å². The molecule has 0 saturated carbocycles. The van der Waals surface area contributed by atoms with E-state index < -0.39 is 0 Å². The molecule has 0 bridgehead atoms. The number of hydrogen-bond donors (Lipinski definition) is 3. The van der Waals surface area contributed by atoms with Gasteiger partial charge >= 0.3 is 0 Å². The molecule has 5 nitrogen and oxygen atoms in total. The number of nitrogens with two attached hydrogens (primary N) is 1. The van der Waals surface area contributed by atoms with Crippen LogP contribution in [-0.2, 0) is 0 Å². The van der Waals surface area contributed by atoms with Crippen LogP contribution in [0, 0.1) is 12.3 Å². The number of fused-ring (bicyclic) bond motifs is 1. The Morgan fingerprint density at radius 2 is 2.18 bits per heavy atom. The highest BCUT2D eigenvalue weighted by Crippen LogP contribution is 2.19. The molecule has 1 amide bonds. The van der Waals surface area contributed by atoms with Gasteiger partial charge in [0.15, 0.2) is 5.96 Å². The second-order valence-electron chi connectivity index (χ2n) is 3.97. The molecule has 1 aromatic carbocycles. The molecule has 0 fully saturated rings. The van der Waals surface area contributed by atoms with Crippen molar-refractivity contribution >= 4 is 22.8 Å². The Balaban J connectivity index is 2.47. The highest BCUT2D eigenvalue weighted by atomic mass is 16.2. The molecule has 4 N–H and O–H groups in total. The van der Waals surface area contributed by atoms with Crippen molar-refractivity contribution in [3.8, 4) is 0 Å². The molecule has 0 atom stereocenters.